The van der Waals surface area contributed by atoms with E-state index in [0.29, 0.717) is 34.1 Å². The number of ether oxygens (including phenoxy) is 3. The lowest BCUT2D eigenvalue weighted by atomic mass is 9.95. The summed E-state index contributed by atoms with van der Waals surface area (Å²) in [6, 6.07) is 2.33. The van der Waals surface area contributed by atoms with Gasteiger partial charge in [-0.15, -0.1) is 0 Å². The highest BCUT2D eigenvalue weighted by molar-refractivity contribution is 6.01. The van der Waals surface area contributed by atoms with Gasteiger partial charge in [0, 0.05) is 6.54 Å². The second kappa shape index (κ2) is 7.12. The molecule has 0 spiro atoms. The number of carbonyl (C=O) groups is 2. The van der Waals surface area contributed by atoms with Crippen LogP contribution in [0.25, 0.3) is 0 Å². The average Bonchev–Trinajstić information content (AvgIpc) is 2.95. The summed E-state index contributed by atoms with van der Waals surface area (Å²) >= 11 is 0. The van der Waals surface area contributed by atoms with Crippen LogP contribution in [0, 0.1) is 0 Å². The second-order valence-corrected chi connectivity index (χ2v) is 5.83. The Morgan fingerprint density at radius 1 is 1.15 bits per heavy atom. The summed E-state index contributed by atoms with van der Waals surface area (Å²) in [4.78, 5) is 26.3. The van der Waals surface area contributed by atoms with Crippen LogP contribution in [0.1, 0.15) is 11.6 Å². The molecule has 0 saturated carbocycles. The van der Waals surface area contributed by atoms with Gasteiger partial charge in [0.25, 0.3) is 5.91 Å². The maximum absolute atomic E-state index is 12.7. The van der Waals surface area contributed by atoms with Gasteiger partial charge >= 0.3 is 6.03 Å². The van der Waals surface area contributed by atoms with E-state index in [-0.39, 0.29) is 25.6 Å². The Morgan fingerprint density at radius 3 is 2.35 bits per heavy atom. The number of aliphatic hydroxyl groups excluding tert-OH is 1. The van der Waals surface area contributed by atoms with E-state index in [1.165, 1.54) is 26.2 Å². The number of aliphatic hydroxyl groups is 1. The Morgan fingerprint density at radius 2 is 1.81 bits per heavy atom. The van der Waals surface area contributed by atoms with Crippen molar-refractivity contribution in [3.63, 3.8) is 0 Å². The van der Waals surface area contributed by atoms with Gasteiger partial charge in [-0.05, 0) is 17.7 Å². The first kappa shape index (κ1) is 17.9. The molecule has 3 amide bonds. The molecule has 26 heavy (non-hydrogen) atoms. The van der Waals surface area contributed by atoms with E-state index in [4.69, 9.17) is 19.3 Å². The highest BCUT2D eigenvalue weighted by Gasteiger charge is 2.40. The van der Waals surface area contributed by atoms with Gasteiger partial charge in [-0.2, -0.15) is 0 Å². The van der Waals surface area contributed by atoms with Gasteiger partial charge in [-0.25, -0.2) is 4.79 Å². The SMILES string of the molecule is COc1cc([C@@H]2NC(=O)NC3=C2C(=O)N(CCO)C3)cc(OC)c1OC. The number of urea groups is 1. The van der Waals surface area contributed by atoms with Crippen LogP contribution in [0.15, 0.2) is 23.4 Å². The lowest BCUT2D eigenvalue weighted by Crippen LogP contribution is -2.44. The normalized spacial score (nSPS) is 19.1. The molecule has 9 heteroatoms. The lowest BCUT2D eigenvalue weighted by molar-refractivity contribution is -0.126. The number of carbonyl (C=O) groups excluding carboxylic acids is 2. The maximum Gasteiger partial charge on any atom is 0.319 e. The van der Waals surface area contributed by atoms with Crippen LogP contribution in [0.4, 0.5) is 4.79 Å². The molecule has 9 nitrogen and oxygen atoms in total. The third-order valence-electron chi connectivity index (χ3n) is 4.41. The van der Waals surface area contributed by atoms with Crippen molar-refractivity contribution in [2.45, 2.75) is 6.04 Å². The standard InChI is InChI=1S/C17H21N3O6/c1-24-11-6-9(7-12(25-2)15(11)26-3)14-13-10(18-17(23)19-14)8-20(4-5-21)16(13)22/h6-7,14,21H,4-5,8H2,1-3H3,(H2,18,19,23)/t14-/m0/s1. The third kappa shape index (κ3) is 2.90. The molecular weight excluding hydrogens is 342 g/mol. The van der Waals surface area contributed by atoms with Crippen LogP contribution in [-0.4, -0.2) is 63.0 Å². The molecule has 1 aromatic carbocycles. The van der Waals surface area contributed by atoms with Crippen molar-refractivity contribution in [1.29, 1.82) is 0 Å². The van der Waals surface area contributed by atoms with Crippen LogP contribution in [0.5, 0.6) is 17.2 Å². The molecular formula is C17H21N3O6. The number of β-amino-alcohol motifs (C(OH)–C–C–N with tert-alkyl or cyclic N) is 1. The summed E-state index contributed by atoms with van der Waals surface area (Å²) in [6.07, 6.45) is 0. The van der Waals surface area contributed by atoms with Crippen LogP contribution in [0.3, 0.4) is 0 Å². The average molecular weight is 363 g/mol. The van der Waals surface area contributed by atoms with Gasteiger partial charge in [0.1, 0.15) is 0 Å². The first-order chi connectivity index (χ1) is 12.5. The van der Waals surface area contributed by atoms with Gasteiger partial charge < -0.3 is 34.9 Å². The number of hydrogen-bond donors (Lipinski definition) is 3. The molecule has 3 rings (SSSR count). The first-order valence-electron chi connectivity index (χ1n) is 8.04. The number of nitrogens with zero attached hydrogens (tertiary/aromatic N) is 1. The summed E-state index contributed by atoms with van der Waals surface area (Å²) in [6.45, 7) is 0.301. The molecule has 0 aliphatic carbocycles. The van der Waals surface area contributed by atoms with Crippen molar-refractivity contribution in [1.82, 2.24) is 15.5 Å². The molecule has 0 fully saturated rings. The second-order valence-electron chi connectivity index (χ2n) is 5.83. The van der Waals surface area contributed by atoms with Crippen molar-refractivity contribution >= 4 is 11.9 Å². The van der Waals surface area contributed by atoms with Gasteiger partial charge in [-0.3, -0.25) is 4.79 Å². The fraction of sp³-hybridized carbons (Fsp3) is 0.412. The quantitative estimate of drug-likeness (QED) is 0.664. The number of amides is 3. The number of nitrogens with one attached hydrogen (secondary N) is 2. The van der Waals surface area contributed by atoms with Crippen LogP contribution in [-0.2, 0) is 4.79 Å². The summed E-state index contributed by atoms with van der Waals surface area (Å²) in [5, 5.41) is 14.6. The molecule has 3 N–H and O–H groups in total. The van der Waals surface area contributed by atoms with Gasteiger partial charge in [0.2, 0.25) is 5.75 Å². The number of rotatable bonds is 6. The molecule has 1 aromatic rings. The molecule has 2 heterocycles. The highest BCUT2D eigenvalue weighted by atomic mass is 16.5. The molecule has 0 aromatic heterocycles. The molecule has 0 saturated heterocycles. The van der Waals surface area contributed by atoms with E-state index >= 15 is 0 Å². The maximum atomic E-state index is 12.7. The Balaban J connectivity index is 2.06. The Bertz CT molecular complexity index is 751. The van der Waals surface area contributed by atoms with E-state index in [0.717, 1.165) is 0 Å². The van der Waals surface area contributed by atoms with E-state index in [9.17, 15) is 9.59 Å². The topological polar surface area (TPSA) is 109 Å². The summed E-state index contributed by atoms with van der Waals surface area (Å²) in [7, 11) is 4.49. The summed E-state index contributed by atoms with van der Waals surface area (Å²) in [5.74, 6) is 1.04. The Hall–Kier alpha value is -2.94. The van der Waals surface area contributed by atoms with Crippen LogP contribution >= 0.6 is 0 Å². The monoisotopic (exact) mass is 363 g/mol. The van der Waals surface area contributed by atoms with Gasteiger partial charge in [-0.1, -0.05) is 0 Å². The smallest absolute Gasteiger partial charge is 0.319 e. The lowest BCUT2D eigenvalue weighted by Gasteiger charge is -2.26. The van der Waals surface area contributed by atoms with Crippen molar-refractivity contribution in [2.75, 3.05) is 41.0 Å². The zero-order chi connectivity index (χ0) is 18.8. The molecule has 0 bridgehead atoms. The minimum Gasteiger partial charge on any atom is -0.493 e. The van der Waals surface area contributed by atoms with Crippen molar-refractivity contribution in [2.24, 2.45) is 0 Å². The zero-order valence-electron chi connectivity index (χ0n) is 14.8. The molecule has 1 atom stereocenters. The fourth-order valence-electron chi connectivity index (χ4n) is 3.25. The molecule has 0 unspecified atom stereocenters. The first-order valence-corrected chi connectivity index (χ1v) is 8.04. The minimum absolute atomic E-state index is 0.150. The van der Waals surface area contributed by atoms with Gasteiger partial charge in [0.05, 0.1) is 51.8 Å². The van der Waals surface area contributed by atoms with E-state index in [1.54, 1.807) is 12.1 Å². The van der Waals surface area contributed by atoms with E-state index < -0.39 is 12.1 Å². The predicted molar refractivity (Wildman–Crippen MR) is 91.2 cm³/mol. The molecule has 2 aliphatic rings. The fourth-order valence-corrected chi connectivity index (χ4v) is 3.25. The highest BCUT2D eigenvalue weighted by Crippen LogP contribution is 2.42. The van der Waals surface area contributed by atoms with E-state index in [2.05, 4.69) is 10.6 Å². The zero-order valence-corrected chi connectivity index (χ0v) is 14.8. The largest absolute Gasteiger partial charge is 0.493 e. The number of benzene rings is 1. The third-order valence-corrected chi connectivity index (χ3v) is 4.41. The van der Waals surface area contributed by atoms with Crippen molar-refractivity contribution in [3.05, 3.63) is 29.0 Å². The van der Waals surface area contributed by atoms with Crippen LogP contribution < -0.4 is 24.8 Å². The Labute approximate surface area is 150 Å². The van der Waals surface area contributed by atoms with Crippen LogP contribution in [0.2, 0.25) is 0 Å². The summed E-state index contributed by atoms with van der Waals surface area (Å²) in [5.41, 5.74) is 1.60. The molecule has 2 aliphatic heterocycles. The predicted octanol–water partition coefficient (Wildman–Crippen LogP) is 0.155. The molecule has 140 valence electrons. The minimum atomic E-state index is -0.663. The summed E-state index contributed by atoms with van der Waals surface area (Å²) < 4.78 is 16.0. The Kier molecular flexibility index (Phi) is 4.90. The van der Waals surface area contributed by atoms with Crippen molar-refractivity contribution < 1.29 is 28.9 Å². The number of hydrogen-bond acceptors (Lipinski definition) is 6. The number of methoxy groups -OCH3 is 3. The van der Waals surface area contributed by atoms with Crippen molar-refractivity contribution in [3.8, 4) is 17.2 Å². The van der Waals surface area contributed by atoms with Gasteiger partial charge in [0.15, 0.2) is 11.5 Å². The van der Waals surface area contributed by atoms with E-state index in [1.807, 2.05) is 0 Å². The molecule has 0 radical (unpaired) electrons.